The molecule has 2 heterocycles. The Morgan fingerprint density at radius 3 is 0.500 bits per heavy atom. The number of nitrogens with zero attached hydrogens (tertiary/aromatic N) is 2. The molecule has 0 aliphatic rings. The van der Waals surface area contributed by atoms with Crippen molar-refractivity contribution < 1.29 is 79.8 Å². The summed E-state index contributed by atoms with van der Waals surface area (Å²) < 4.78 is 0. The molecule has 10 aromatic rings. The van der Waals surface area contributed by atoms with Crippen LogP contribution >= 0.6 is 0 Å². The number of aromatic carboxylic acids is 6. The van der Waals surface area contributed by atoms with Crippen LogP contribution in [0.2, 0.25) is 0 Å². The summed E-state index contributed by atoms with van der Waals surface area (Å²) in [5.41, 5.74) is 11.9. The van der Waals surface area contributed by atoms with Crippen molar-refractivity contribution in [3.63, 3.8) is 0 Å². The lowest BCUT2D eigenvalue weighted by atomic mass is 10.1. The zero-order valence-electron chi connectivity index (χ0n) is 51.2. The first kappa shape index (κ1) is 74.0. The lowest BCUT2D eigenvalue weighted by Crippen LogP contribution is -2.00. The molecule has 0 saturated heterocycles. The fourth-order valence-electron chi connectivity index (χ4n) is 8.25. The fraction of sp³-hybridized carbons (Fsp3) is 0.0857. The van der Waals surface area contributed by atoms with E-state index in [1.165, 1.54) is 83.9 Å². The zero-order chi connectivity index (χ0) is 69.0. The van der Waals surface area contributed by atoms with Crippen molar-refractivity contribution in [2.75, 3.05) is 60.3 Å². The molecular formula is C70H70N8O16. The van der Waals surface area contributed by atoms with Crippen molar-refractivity contribution in [2.24, 2.45) is 0 Å². The molecule has 0 bridgehead atoms. The number of carbonyl (C=O) groups is 6. The van der Waals surface area contributed by atoms with Crippen LogP contribution in [0.4, 0.5) is 68.2 Å². The maximum atomic E-state index is 11.1. The molecule has 0 saturated carbocycles. The average molecular weight is 1280 g/mol. The lowest BCUT2D eigenvalue weighted by molar-refractivity contribution is 0.0686. The van der Waals surface area contributed by atoms with Gasteiger partial charge < -0.3 is 83.0 Å². The summed E-state index contributed by atoms with van der Waals surface area (Å²) in [7, 11) is 4.00. The fourth-order valence-corrected chi connectivity index (χ4v) is 8.25. The van der Waals surface area contributed by atoms with Gasteiger partial charge in [-0.25, -0.2) is 28.8 Å². The monoisotopic (exact) mass is 1280 g/mol. The van der Waals surface area contributed by atoms with Crippen LogP contribution in [0.15, 0.2) is 231 Å². The standard InChI is InChI=1S/2C27H21N3O6.C12H12N2.4CH4O/c2*31-25(32)16-1-7-19(8-2-16)28-22-13-23(29-20-9-3-17(4-10-20)26(33)34)15-24(14-22)30-21-11-5-18(6-12-21)27(35)36;1(11-3-7-13-8-4-11)2-12-5-9-14-10-6-12;4*1-2/h2*1-15,28-30H,(H,31,32)(H,33,34)(H,35,36);3-10H,1-2H2;4*2H,1H3. The Kier molecular flexibility index (Phi) is 31.1. The van der Waals surface area contributed by atoms with Crippen molar-refractivity contribution in [3.8, 4) is 0 Å². The Hall–Kier alpha value is -12.5. The highest BCUT2D eigenvalue weighted by Crippen LogP contribution is 2.32. The van der Waals surface area contributed by atoms with E-state index in [9.17, 15) is 28.8 Å². The molecule has 16 N–H and O–H groups in total. The van der Waals surface area contributed by atoms with Crippen LogP contribution in [0.5, 0.6) is 0 Å². The van der Waals surface area contributed by atoms with Crippen molar-refractivity contribution >= 4 is 104 Å². The Bertz CT molecular complexity index is 3350. The number of aliphatic hydroxyl groups excluding tert-OH is 4. The molecule has 94 heavy (non-hydrogen) atoms. The number of carboxylic acids is 6. The van der Waals surface area contributed by atoms with Gasteiger partial charge >= 0.3 is 35.8 Å². The molecule has 0 fully saturated rings. The maximum Gasteiger partial charge on any atom is 0.335 e. The van der Waals surface area contributed by atoms with Gasteiger partial charge in [0.05, 0.1) is 33.4 Å². The Labute approximate surface area is 540 Å². The van der Waals surface area contributed by atoms with Crippen molar-refractivity contribution in [2.45, 2.75) is 12.8 Å². The Morgan fingerprint density at radius 2 is 0.372 bits per heavy atom. The van der Waals surface area contributed by atoms with Crippen molar-refractivity contribution in [1.29, 1.82) is 0 Å². The molecule has 0 atom stereocenters. The van der Waals surface area contributed by atoms with E-state index in [-0.39, 0.29) is 33.4 Å². The predicted octanol–water partition coefficient (Wildman–Crippen LogP) is 12.7. The topological polar surface area (TPSA) is 403 Å². The largest absolute Gasteiger partial charge is 0.478 e. The third-order valence-corrected chi connectivity index (χ3v) is 12.6. The van der Waals surface area contributed by atoms with Gasteiger partial charge in [0.25, 0.3) is 0 Å². The van der Waals surface area contributed by atoms with Crippen LogP contribution in [0.1, 0.15) is 73.3 Å². The third kappa shape index (κ3) is 24.8. The number of rotatable bonds is 21. The second-order valence-corrected chi connectivity index (χ2v) is 18.9. The normalized spacial score (nSPS) is 9.66. The minimum Gasteiger partial charge on any atom is -0.478 e. The van der Waals surface area contributed by atoms with Gasteiger partial charge in [0.15, 0.2) is 0 Å². The van der Waals surface area contributed by atoms with Gasteiger partial charge in [-0.2, -0.15) is 0 Å². The molecule has 0 amide bonds. The molecule has 24 heteroatoms. The molecule has 0 aliphatic heterocycles. The highest BCUT2D eigenvalue weighted by molar-refractivity contribution is 5.92. The van der Waals surface area contributed by atoms with Gasteiger partial charge in [0.2, 0.25) is 0 Å². The summed E-state index contributed by atoms with van der Waals surface area (Å²) in [6.45, 7) is 0. The Balaban J connectivity index is 0.000000306. The number of benzene rings is 8. The third-order valence-electron chi connectivity index (χ3n) is 12.6. The van der Waals surface area contributed by atoms with Crippen molar-refractivity contribution in [3.05, 3.63) is 276 Å². The summed E-state index contributed by atoms with van der Waals surface area (Å²) >= 11 is 0. The molecular weight excluding hydrogens is 1210 g/mol. The molecule has 10 rings (SSSR count). The van der Waals surface area contributed by atoms with Crippen LogP contribution in [0.3, 0.4) is 0 Å². The number of nitrogens with one attached hydrogen (secondary N) is 6. The van der Waals surface area contributed by atoms with E-state index < -0.39 is 35.8 Å². The summed E-state index contributed by atoms with van der Waals surface area (Å²) in [5.74, 6) is -6.07. The van der Waals surface area contributed by atoms with E-state index in [4.69, 9.17) is 51.1 Å². The van der Waals surface area contributed by atoms with Gasteiger partial charge in [0, 0.05) is 121 Å². The van der Waals surface area contributed by atoms with E-state index >= 15 is 0 Å². The maximum absolute atomic E-state index is 11.1. The van der Waals surface area contributed by atoms with Crippen LogP contribution in [0, 0.1) is 0 Å². The SMILES string of the molecule is CO.CO.CO.CO.O=C(O)c1ccc(Nc2cc(Nc3ccc(C(=O)O)cc3)cc(Nc3ccc(C(=O)O)cc3)c2)cc1.O=C(O)c1ccc(Nc2cc(Nc3ccc(C(=O)O)cc3)cc(Nc3ccc(C(=O)O)cc3)c2)cc1.c1cc(CCc2ccncc2)ccn1. The summed E-state index contributed by atoms with van der Waals surface area (Å²) in [6.07, 6.45) is 9.46. The number of aliphatic hydroxyl groups is 4. The van der Waals surface area contributed by atoms with Crippen LogP contribution < -0.4 is 31.9 Å². The smallest absolute Gasteiger partial charge is 0.335 e. The molecule has 0 spiro atoms. The summed E-state index contributed by atoms with van der Waals surface area (Å²) in [6, 6.07) is 57.2. The quantitative estimate of drug-likeness (QED) is 0.0318. The minimum atomic E-state index is -1.01. The Morgan fingerprint density at radius 1 is 0.234 bits per heavy atom. The van der Waals surface area contributed by atoms with Gasteiger partial charge in [-0.1, -0.05) is 0 Å². The highest BCUT2D eigenvalue weighted by Gasteiger charge is 2.11. The number of carboxylic acid groups (broad SMARTS) is 6. The van der Waals surface area contributed by atoms with E-state index in [1.54, 1.807) is 72.8 Å². The second kappa shape index (κ2) is 39.5. The van der Waals surface area contributed by atoms with Gasteiger partial charge in [0.1, 0.15) is 0 Å². The van der Waals surface area contributed by atoms with E-state index in [1.807, 2.05) is 61.2 Å². The van der Waals surface area contributed by atoms with Gasteiger partial charge in [-0.15, -0.1) is 0 Å². The second-order valence-electron chi connectivity index (χ2n) is 18.9. The van der Waals surface area contributed by atoms with E-state index in [2.05, 4.69) is 66.1 Å². The van der Waals surface area contributed by atoms with Crippen LogP contribution in [-0.2, 0) is 12.8 Å². The molecule has 0 unspecified atom stereocenters. The number of hydrogen-bond donors (Lipinski definition) is 16. The van der Waals surface area contributed by atoms with Crippen molar-refractivity contribution in [1.82, 2.24) is 9.97 Å². The first-order valence-electron chi connectivity index (χ1n) is 28.0. The first-order chi connectivity index (χ1) is 45.5. The van der Waals surface area contributed by atoms with Gasteiger partial charge in [-0.05, 0) is 230 Å². The molecule has 0 aliphatic carbocycles. The summed E-state index contributed by atoms with van der Waals surface area (Å²) in [5, 5.41) is 102. The first-order valence-corrected chi connectivity index (χ1v) is 28.0. The lowest BCUT2D eigenvalue weighted by Gasteiger charge is -2.15. The minimum absolute atomic E-state index is 0.174. The highest BCUT2D eigenvalue weighted by atomic mass is 16.4. The van der Waals surface area contributed by atoms with E-state index in [0.717, 1.165) is 41.3 Å². The number of anilines is 12. The molecule has 8 aromatic carbocycles. The zero-order valence-corrected chi connectivity index (χ0v) is 51.2. The molecule has 0 radical (unpaired) electrons. The molecule has 486 valence electrons. The number of pyridine rings is 2. The van der Waals surface area contributed by atoms with Crippen LogP contribution in [0.25, 0.3) is 0 Å². The number of aromatic nitrogens is 2. The van der Waals surface area contributed by atoms with E-state index in [0.29, 0.717) is 68.2 Å². The van der Waals surface area contributed by atoms with Gasteiger partial charge in [-0.3, -0.25) is 9.97 Å². The number of aryl methyl sites for hydroxylation is 2. The predicted molar refractivity (Wildman–Crippen MR) is 361 cm³/mol. The molecule has 2 aromatic heterocycles. The number of hydrogen-bond acceptors (Lipinski definition) is 18. The average Bonchev–Trinajstić information content (AvgIpc) is 0.942. The summed E-state index contributed by atoms with van der Waals surface area (Å²) in [4.78, 5) is 74.7. The van der Waals surface area contributed by atoms with Crippen LogP contribution in [-0.4, -0.2) is 125 Å². The molecule has 24 nitrogen and oxygen atoms in total.